The SMILES string of the molecule is CNc1nccc(Oc2cccc(F)c2F)n1. The van der Waals surface area contributed by atoms with E-state index >= 15 is 0 Å². The van der Waals surface area contributed by atoms with Crippen molar-refractivity contribution in [3.05, 3.63) is 42.1 Å². The van der Waals surface area contributed by atoms with E-state index in [1.165, 1.54) is 24.4 Å². The third-order valence-corrected chi connectivity index (χ3v) is 1.98. The number of nitrogens with one attached hydrogen (secondary N) is 1. The van der Waals surface area contributed by atoms with Crippen molar-refractivity contribution in [3.63, 3.8) is 0 Å². The molecule has 4 nitrogen and oxygen atoms in total. The number of ether oxygens (including phenoxy) is 1. The summed E-state index contributed by atoms with van der Waals surface area (Å²) in [6, 6.07) is 5.14. The first kappa shape index (κ1) is 11.3. The van der Waals surface area contributed by atoms with Gasteiger partial charge >= 0.3 is 0 Å². The minimum atomic E-state index is -1.04. The standard InChI is InChI=1S/C11H9F2N3O/c1-14-11-15-6-5-9(16-11)17-8-4-2-3-7(12)10(8)13/h2-6H,1H3,(H,14,15,16). The van der Waals surface area contributed by atoms with Crippen LogP contribution in [-0.4, -0.2) is 17.0 Å². The molecule has 1 heterocycles. The zero-order valence-corrected chi connectivity index (χ0v) is 8.95. The average Bonchev–Trinajstić information content (AvgIpc) is 2.35. The maximum atomic E-state index is 13.3. The molecule has 0 atom stereocenters. The molecule has 88 valence electrons. The number of hydrogen-bond donors (Lipinski definition) is 1. The molecule has 0 saturated carbocycles. The van der Waals surface area contributed by atoms with Gasteiger partial charge in [-0.15, -0.1) is 0 Å². The lowest BCUT2D eigenvalue weighted by atomic mass is 10.3. The summed E-state index contributed by atoms with van der Waals surface area (Å²) in [5.74, 6) is -1.76. The minimum Gasteiger partial charge on any atom is -0.436 e. The summed E-state index contributed by atoms with van der Waals surface area (Å²) < 4.78 is 31.4. The van der Waals surface area contributed by atoms with Crippen molar-refractivity contribution in [2.75, 3.05) is 12.4 Å². The molecule has 0 aliphatic carbocycles. The molecular formula is C11H9F2N3O. The molecule has 1 aromatic carbocycles. The molecule has 0 aliphatic rings. The van der Waals surface area contributed by atoms with Gasteiger partial charge in [-0.2, -0.15) is 9.37 Å². The first-order chi connectivity index (χ1) is 8.20. The van der Waals surface area contributed by atoms with Crippen LogP contribution in [-0.2, 0) is 0 Å². The normalized spacial score (nSPS) is 10.1. The lowest BCUT2D eigenvalue weighted by Gasteiger charge is -2.06. The first-order valence-corrected chi connectivity index (χ1v) is 4.83. The molecule has 0 fully saturated rings. The topological polar surface area (TPSA) is 47.0 Å². The average molecular weight is 237 g/mol. The van der Waals surface area contributed by atoms with Crippen LogP contribution < -0.4 is 10.1 Å². The lowest BCUT2D eigenvalue weighted by Crippen LogP contribution is -1.98. The number of aromatic nitrogens is 2. The van der Waals surface area contributed by atoms with Crippen LogP contribution in [0.2, 0.25) is 0 Å². The largest absolute Gasteiger partial charge is 0.436 e. The van der Waals surface area contributed by atoms with Crippen LogP contribution in [0.25, 0.3) is 0 Å². The van der Waals surface area contributed by atoms with Crippen molar-refractivity contribution in [1.29, 1.82) is 0 Å². The van der Waals surface area contributed by atoms with Gasteiger partial charge in [-0.25, -0.2) is 9.37 Å². The van der Waals surface area contributed by atoms with Gasteiger partial charge in [0.05, 0.1) is 0 Å². The Hall–Kier alpha value is -2.24. The van der Waals surface area contributed by atoms with Crippen molar-refractivity contribution in [2.24, 2.45) is 0 Å². The Labute approximate surface area is 96.3 Å². The van der Waals surface area contributed by atoms with Crippen LogP contribution in [0, 0.1) is 11.6 Å². The van der Waals surface area contributed by atoms with E-state index in [0.717, 1.165) is 6.07 Å². The summed E-state index contributed by atoms with van der Waals surface area (Å²) >= 11 is 0. The molecular weight excluding hydrogens is 228 g/mol. The second-order valence-electron chi connectivity index (χ2n) is 3.12. The van der Waals surface area contributed by atoms with Crippen molar-refractivity contribution >= 4 is 5.95 Å². The number of nitrogens with zero attached hydrogens (tertiary/aromatic N) is 2. The maximum Gasteiger partial charge on any atom is 0.225 e. The Morgan fingerprint density at radius 1 is 1.24 bits per heavy atom. The number of anilines is 1. The Kier molecular flexibility index (Phi) is 3.13. The molecule has 0 spiro atoms. The Bertz CT molecular complexity index is 534. The van der Waals surface area contributed by atoms with Gasteiger partial charge in [0.15, 0.2) is 11.6 Å². The van der Waals surface area contributed by atoms with Gasteiger partial charge < -0.3 is 10.1 Å². The fourth-order valence-corrected chi connectivity index (χ4v) is 1.19. The number of rotatable bonds is 3. The summed E-state index contributed by atoms with van der Waals surface area (Å²) in [4.78, 5) is 7.79. The number of benzene rings is 1. The van der Waals surface area contributed by atoms with Crippen LogP contribution in [0.1, 0.15) is 0 Å². The highest BCUT2D eigenvalue weighted by atomic mass is 19.2. The molecule has 2 aromatic rings. The number of halogens is 2. The van der Waals surface area contributed by atoms with Crippen LogP contribution >= 0.6 is 0 Å². The molecule has 0 aliphatic heterocycles. The molecule has 6 heteroatoms. The van der Waals surface area contributed by atoms with E-state index in [1.807, 2.05) is 0 Å². The van der Waals surface area contributed by atoms with E-state index in [2.05, 4.69) is 15.3 Å². The highest BCUT2D eigenvalue weighted by Gasteiger charge is 2.10. The fraction of sp³-hybridized carbons (Fsp3) is 0.0909. The molecule has 0 bridgehead atoms. The van der Waals surface area contributed by atoms with Gasteiger partial charge in [-0.3, -0.25) is 0 Å². The molecule has 0 radical (unpaired) electrons. The van der Waals surface area contributed by atoms with Gasteiger partial charge in [0.2, 0.25) is 17.6 Å². The van der Waals surface area contributed by atoms with E-state index in [1.54, 1.807) is 7.05 Å². The molecule has 1 aromatic heterocycles. The molecule has 2 rings (SSSR count). The third-order valence-electron chi connectivity index (χ3n) is 1.98. The fourth-order valence-electron chi connectivity index (χ4n) is 1.19. The van der Waals surface area contributed by atoms with Crippen LogP contribution in [0.5, 0.6) is 11.6 Å². The monoisotopic (exact) mass is 237 g/mol. The summed E-state index contributed by atoms with van der Waals surface area (Å²) in [6.07, 6.45) is 1.45. The van der Waals surface area contributed by atoms with Crippen LogP contribution in [0.3, 0.4) is 0 Å². The highest BCUT2D eigenvalue weighted by Crippen LogP contribution is 2.24. The predicted molar refractivity (Wildman–Crippen MR) is 58.0 cm³/mol. The molecule has 1 N–H and O–H groups in total. The zero-order chi connectivity index (χ0) is 12.3. The van der Waals surface area contributed by atoms with Gasteiger partial charge in [0.1, 0.15) is 0 Å². The summed E-state index contributed by atoms with van der Waals surface area (Å²) in [6.45, 7) is 0. The molecule has 0 saturated heterocycles. The number of hydrogen-bond acceptors (Lipinski definition) is 4. The predicted octanol–water partition coefficient (Wildman–Crippen LogP) is 2.59. The van der Waals surface area contributed by atoms with Gasteiger partial charge in [-0.1, -0.05) is 6.07 Å². The quantitative estimate of drug-likeness (QED) is 0.891. The van der Waals surface area contributed by atoms with E-state index in [0.29, 0.717) is 5.95 Å². The maximum absolute atomic E-state index is 13.3. The second-order valence-corrected chi connectivity index (χ2v) is 3.12. The van der Waals surface area contributed by atoms with Crippen molar-refractivity contribution in [2.45, 2.75) is 0 Å². The minimum absolute atomic E-state index is 0.133. The van der Waals surface area contributed by atoms with Crippen molar-refractivity contribution in [3.8, 4) is 11.6 Å². The molecule has 0 amide bonds. The summed E-state index contributed by atoms with van der Waals surface area (Å²) in [5.41, 5.74) is 0. The molecule has 17 heavy (non-hydrogen) atoms. The van der Waals surface area contributed by atoms with E-state index in [-0.39, 0.29) is 11.6 Å². The Morgan fingerprint density at radius 3 is 2.82 bits per heavy atom. The van der Waals surface area contributed by atoms with E-state index < -0.39 is 11.6 Å². The van der Waals surface area contributed by atoms with Gasteiger partial charge in [-0.05, 0) is 12.1 Å². The summed E-state index contributed by atoms with van der Waals surface area (Å²) in [7, 11) is 1.64. The Balaban J connectivity index is 2.28. The zero-order valence-electron chi connectivity index (χ0n) is 8.95. The molecule has 0 unspecified atom stereocenters. The third kappa shape index (κ3) is 2.47. The lowest BCUT2D eigenvalue weighted by molar-refractivity contribution is 0.405. The highest BCUT2D eigenvalue weighted by molar-refractivity contribution is 5.32. The second kappa shape index (κ2) is 4.73. The van der Waals surface area contributed by atoms with E-state index in [4.69, 9.17) is 4.74 Å². The summed E-state index contributed by atoms with van der Waals surface area (Å²) in [5, 5.41) is 2.71. The van der Waals surface area contributed by atoms with Crippen molar-refractivity contribution in [1.82, 2.24) is 9.97 Å². The van der Waals surface area contributed by atoms with Crippen LogP contribution in [0.4, 0.5) is 14.7 Å². The van der Waals surface area contributed by atoms with Crippen molar-refractivity contribution < 1.29 is 13.5 Å². The van der Waals surface area contributed by atoms with Crippen LogP contribution in [0.15, 0.2) is 30.5 Å². The van der Waals surface area contributed by atoms with E-state index in [9.17, 15) is 8.78 Å². The van der Waals surface area contributed by atoms with Gasteiger partial charge in [0.25, 0.3) is 0 Å². The Morgan fingerprint density at radius 2 is 2.06 bits per heavy atom. The smallest absolute Gasteiger partial charge is 0.225 e. The van der Waals surface area contributed by atoms with Gasteiger partial charge in [0, 0.05) is 19.3 Å². The first-order valence-electron chi connectivity index (χ1n) is 4.83.